The largest absolute Gasteiger partial charge is 0.310 e. The van der Waals surface area contributed by atoms with Crippen molar-refractivity contribution < 1.29 is 0 Å². The van der Waals surface area contributed by atoms with Crippen LogP contribution in [0.25, 0.3) is 16.7 Å². The predicted molar refractivity (Wildman–Crippen MR) is 65.2 cm³/mol. The predicted octanol–water partition coefficient (Wildman–Crippen LogP) is 1.37. The van der Waals surface area contributed by atoms with Crippen LogP contribution in [0.5, 0.6) is 0 Å². The van der Waals surface area contributed by atoms with Gasteiger partial charge in [0.05, 0.1) is 10.9 Å². The van der Waals surface area contributed by atoms with Crippen LogP contribution >= 0.6 is 0 Å². The first kappa shape index (κ1) is 10.0. The van der Waals surface area contributed by atoms with Crippen molar-refractivity contribution in [1.29, 1.82) is 0 Å². The molecule has 0 aliphatic heterocycles. The number of aromatic nitrogens is 4. The van der Waals surface area contributed by atoms with Gasteiger partial charge >= 0.3 is 0 Å². The summed E-state index contributed by atoms with van der Waals surface area (Å²) in [7, 11) is 0. The highest BCUT2D eigenvalue weighted by molar-refractivity contribution is 5.80. The molecule has 0 bridgehead atoms. The van der Waals surface area contributed by atoms with Gasteiger partial charge in [-0.05, 0) is 26.0 Å². The van der Waals surface area contributed by atoms with Crippen LogP contribution in [-0.2, 0) is 6.54 Å². The molecule has 86 valence electrons. The van der Waals surface area contributed by atoms with Crippen LogP contribution in [0.2, 0.25) is 0 Å². The number of para-hydroxylation sites is 1. The summed E-state index contributed by atoms with van der Waals surface area (Å²) in [4.78, 5) is 12.3. The van der Waals surface area contributed by atoms with E-state index in [0.717, 1.165) is 12.1 Å². The normalized spacial score (nSPS) is 11.4. The van der Waals surface area contributed by atoms with E-state index < -0.39 is 0 Å². The molecule has 0 fully saturated rings. The molecule has 0 aliphatic rings. The molecule has 0 saturated heterocycles. The summed E-state index contributed by atoms with van der Waals surface area (Å²) in [6, 6.07) is 7.57. The quantitative estimate of drug-likeness (QED) is 0.632. The van der Waals surface area contributed by atoms with Crippen molar-refractivity contribution in [2.75, 3.05) is 0 Å². The van der Waals surface area contributed by atoms with Crippen molar-refractivity contribution in [1.82, 2.24) is 19.2 Å². The summed E-state index contributed by atoms with van der Waals surface area (Å²) in [5, 5.41) is 8.76. The fraction of sp³-hybridized carbons (Fsp3) is 0.250. The van der Waals surface area contributed by atoms with Gasteiger partial charge in [-0.1, -0.05) is 12.1 Å². The van der Waals surface area contributed by atoms with Crippen molar-refractivity contribution in [2.45, 2.75) is 20.4 Å². The summed E-state index contributed by atoms with van der Waals surface area (Å²) < 4.78 is 3.56. The number of hydrogen-bond acceptors (Lipinski definition) is 3. The van der Waals surface area contributed by atoms with E-state index in [1.54, 1.807) is 11.3 Å². The molecule has 0 amide bonds. The first-order valence-corrected chi connectivity index (χ1v) is 5.57. The number of fused-ring (bicyclic) bond motifs is 2. The SMILES string of the molecule is CCn1c2ccccc2c(=O)n2c(C)nnc12. The summed E-state index contributed by atoms with van der Waals surface area (Å²) in [6.45, 7) is 4.57. The second-order valence-corrected chi connectivity index (χ2v) is 3.95. The van der Waals surface area contributed by atoms with Crippen LogP contribution in [0.3, 0.4) is 0 Å². The van der Waals surface area contributed by atoms with E-state index in [2.05, 4.69) is 10.2 Å². The highest BCUT2D eigenvalue weighted by Crippen LogP contribution is 2.13. The maximum absolute atomic E-state index is 12.3. The van der Waals surface area contributed by atoms with Crippen molar-refractivity contribution in [3.63, 3.8) is 0 Å². The molecule has 1 aromatic carbocycles. The van der Waals surface area contributed by atoms with Crippen LogP contribution in [-0.4, -0.2) is 19.2 Å². The van der Waals surface area contributed by atoms with E-state index in [9.17, 15) is 4.79 Å². The van der Waals surface area contributed by atoms with Crippen LogP contribution in [0.15, 0.2) is 29.1 Å². The lowest BCUT2D eigenvalue weighted by atomic mass is 10.2. The average Bonchev–Trinajstić information content (AvgIpc) is 2.73. The lowest BCUT2D eigenvalue weighted by Gasteiger charge is -2.09. The average molecular weight is 228 g/mol. The van der Waals surface area contributed by atoms with E-state index >= 15 is 0 Å². The van der Waals surface area contributed by atoms with E-state index in [4.69, 9.17) is 0 Å². The summed E-state index contributed by atoms with van der Waals surface area (Å²) in [6.07, 6.45) is 0. The standard InChI is InChI=1S/C12H12N4O/c1-3-15-10-7-5-4-6-9(10)11(17)16-8(2)13-14-12(15)16/h4-7H,3H2,1-2H3. The third-order valence-corrected chi connectivity index (χ3v) is 2.99. The van der Waals surface area contributed by atoms with Gasteiger partial charge in [0.15, 0.2) is 0 Å². The molecular weight excluding hydrogens is 216 g/mol. The molecule has 0 aliphatic carbocycles. The van der Waals surface area contributed by atoms with E-state index in [0.29, 0.717) is 17.0 Å². The zero-order chi connectivity index (χ0) is 12.0. The minimum absolute atomic E-state index is 0.0530. The molecule has 5 heteroatoms. The molecule has 3 aromatic rings. The Hall–Kier alpha value is -2.17. The number of hydrogen-bond donors (Lipinski definition) is 0. The lowest BCUT2D eigenvalue weighted by molar-refractivity contribution is 0.779. The molecule has 17 heavy (non-hydrogen) atoms. The van der Waals surface area contributed by atoms with Crippen molar-refractivity contribution in [3.05, 3.63) is 40.4 Å². The zero-order valence-electron chi connectivity index (χ0n) is 9.71. The highest BCUT2D eigenvalue weighted by Gasteiger charge is 2.12. The zero-order valence-corrected chi connectivity index (χ0v) is 9.71. The topological polar surface area (TPSA) is 52.2 Å². The van der Waals surface area contributed by atoms with Crippen LogP contribution in [0.1, 0.15) is 12.7 Å². The Morgan fingerprint density at radius 3 is 2.76 bits per heavy atom. The highest BCUT2D eigenvalue weighted by atomic mass is 16.1. The molecule has 2 heterocycles. The Balaban J connectivity index is 2.70. The third-order valence-electron chi connectivity index (χ3n) is 2.99. The van der Waals surface area contributed by atoms with E-state index in [-0.39, 0.29) is 5.56 Å². The Kier molecular flexibility index (Phi) is 2.01. The Morgan fingerprint density at radius 1 is 1.24 bits per heavy atom. The molecule has 0 saturated carbocycles. The fourth-order valence-electron chi connectivity index (χ4n) is 2.19. The number of rotatable bonds is 1. The minimum Gasteiger partial charge on any atom is -0.310 e. The molecule has 5 nitrogen and oxygen atoms in total. The molecule has 0 spiro atoms. The maximum Gasteiger partial charge on any atom is 0.268 e. The van der Waals surface area contributed by atoms with Gasteiger partial charge in [0, 0.05) is 6.54 Å². The van der Waals surface area contributed by atoms with Gasteiger partial charge in [0.1, 0.15) is 5.82 Å². The van der Waals surface area contributed by atoms with Crippen molar-refractivity contribution >= 4 is 16.7 Å². The van der Waals surface area contributed by atoms with Crippen LogP contribution < -0.4 is 5.56 Å². The number of benzene rings is 1. The van der Waals surface area contributed by atoms with Gasteiger partial charge in [-0.25, -0.2) is 4.40 Å². The molecule has 0 atom stereocenters. The van der Waals surface area contributed by atoms with Gasteiger partial charge in [-0.2, -0.15) is 0 Å². The first-order valence-electron chi connectivity index (χ1n) is 5.57. The maximum atomic E-state index is 12.3. The number of aryl methyl sites for hydroxylation is 2. The molecular formula is C12H12N4O. The molecule has 3 rings (SSSR count). The monoisotopic (exact) mass is 228 g/mol. The molecule has 0 N–H and O–H groups in total. The van der Waals surface area contributed by atoms with Crippen LogP contribution in [0.4, 0.5) is 0 Å². The van der Waals surface area contributed by atoms with Gasteiger partial charge in [0.2, 0.25) is 5.78 Å². The second-order valence-electron chi connectivity index (χ2n) is 3.95. The van der Waals surface area contributed by atoms with Crippen LogP contribution in [0, 0.1) is 6.92 Å². The molecule has 0 unspecified atom stereocenters. The van der Waals surface area contributed by atoms with Crippen molar-refractivity contribution in [3.8, 4) is 0 Å². The van der Waals surface area contributed by atoms with Gasteiger partial charge < -0.3 is 4.57 Å². The third kappa shape index (κ3) is 1.22. The van der Waals surface area contributed by atoms with Gasteiger partial charge in [0.25, 0.3) is 5.56 Å². The van der Waals surface area contributed by atoms with Crippen molar-refractivity contribution in [2.24, 2.45) is 0 Å². The number of nitrogens with zero attached hydrogens (tertiary/aromatic N) is 4. The van der Waals surface area contributed by atoms with E-state index in [1.807, 2.05) is 35.8 Å². The molecule has 0 radical (unpaired) electrons. The summed E-state index contributed by atoms with van der Waals surface area (Å²) in [5.74, 6) is 1.23. The second kappa shape index (κ2) is 3.41. The summed E-state index contributed by atoms with van der Waals surface area (Å²) in [5.41, 5.74) is 0.850. The molecule has 2 aromatic heterocycles. The lowest BCUT2D eigenvalue weighted by Crippen LogP contribution is -2.19. The Labute approximate surface area is 97.3 Å². The minimum atomic E-state index is -0.0530. The van der Waals surface area contributed by atoms with Gasteiger partial charge in [-0.3, -0.25) is 4.79 Å². The summed E-state index contributed by atoms with van der Waals surface area (Å²) >= 11 is 0. The van der Waals surface area contributed by atoms with E-state index in [1.165, 1.54) is 0 Å². The Morgan fingerprint density at radius 2 is 2.00 bits per heavy atom. The Bertz CT molecular complexity index is 769. The smallest absolute Gasteiger partial charge is 0.268 e. The fourth-order valence-corrected chi connectivity index (χ4v) is 2.19. The van der Waals surface area contributed by atoms with Gasteiger partial charge in [-0.15, -0.1) is 10.2 Å². The first-order chi connectivity index (χ1) is 8.24.